The summed E-state index contributed by atoms with van der Waals surface area (Å²) in [5.74, 6) is 0.569. The maximum Gasteiger partial charge on any atom is 0.243 e. The molecule has 8 heteroatoms. The molecule has 0 saturated carbocycles. The number of rotatable bonds is 6. The molecule has 2 fully saturated rings. The third kappa shape index (κ3) is 4.92. The molecule has 0 aliphatic carbocycles. The van der Waals surface area contributed by atoms with Crippen LogP contribution in [-0.2, 0) is 14.8 Å². The molecule has 1 aromatic rings. The van der Waals surface area contributed by atoms with E-state index in [0.29, 0.717) is 25.3 Å². The van der Waals surface area contributed by atoms with E-state index in [1.807, 2.05) is 18.7 Å². The lowest BCUT2D eigenvalue weighted by molar-refractivity contribution is -0.902. The van der Waals surface area contributed by atoms with Gasteiger partial charge in [-0.1, -0.05) is 0 Å². The van der Waals surface area contributed by atoms with E-state index < -0.39 is 10.0 Å². The molecule has 0 radical (unpaired) electrons. The standard InChI is InChI=1S/C21H33N3O4S/c1-4-22-11-13-23(14-12-22)21(25)18-7-6-10-24(16-18)29(26,27)19-8-9-20(28-5-2)17(3)15-19/h8-9,15,18H,4-7,10-14,16H2,1-3H3/p+1/t18-/m1/s1. The van der Waals surface area contributed by atoms with E-state index >= 15 is 0 Å². The van der Waals surface area contributed by atoms with Crippen LogP contribution in [-0.4, -0.2) is 76.0 Å². The summed E-state index contributed by atoms with van der Waals surface area (Å²) < 4.78 is 33.4. The average molecular weight is 425 g/mol. The van der Waals surface area contributed by atoms with Crippen LogP contribution in [0.5, 0.6) is 5.75 Å². The molecule has 1 atom stereocenters. The molecule has 1 N–H and O–H groups in total. The van der Waals surface area contributed by atoms with Crippen molar-refractivity contribution < 1.29 is 22.8 Å². The number of carbonyl (C=O) groups excluding carboxylic acids is 1. The maximum atomic E-state index is 13.2. The van der Waals surface area contributed by atoms with Crippen LogP contribution in [0.4, 0.5) is 0 Å². The maximum absolute atomic E-state index is 13.2. The number of nitrogens with one attached hydrogen (secondary N) is 1. The topological polar surface area (TPSA) is 71.4 Å². The molecular formula is C21H34N3O4S+. The molecule has 1 aromatic carbocycles. The number of aryl methyl sites for hydroxylation is 1. The Kier molecular flexibility index (Phi) is 7.19. The van der Waals surface area contributed by atoms with Crippen molar-refractivity contribution in [3.05, 3.63) is 23.8 Å². The van der Waals surface area contributed by atoms with Crippen molar-refractivity contribution in [2.75, 3.05) is 52.4 Å². The Morgan fingerprint density at radius 1 is 1.21 bits per heavy atom. The molecule has 162 valence electrons. The van der Waals surface area contributed by atoms with Crippen LogP contribution in [0.25, 0.3) is 0 Å². The van der Waals surface area contributed by atoms with Gasteiger partial charge in [0.1, 0.15) is 5.75 Å². The van der Waals surface area contributed by atoms with Crippen LogP contribution in [0.15, 0.2) is 23.1 Å². The summed E-state index contributed by atoms with van der Waals surface area (Å²) in [5, 5.41) is 0. The van der Waals surface area contributed by atoms with E-state index in [0.717, 1.165) is 44.7 Å². The van der Waals surface area contributed by atoms with E-state index in [1.54, 1.807) is 18.2 Å². The lowest BCUT2D eigenvalue weighted by Gasteiger charge is -2.37. The first-order valence-electron chi connectivity index (χ1n) is 10.7. The van der Waals surface area contributed by atoms with Crippen molar-refractivity contribution in [2.24, 2.45) is 5.92 Å². The molecule has 29 heavy (non-hydrogen) atoms. The molecular weight excluding hydrogens is 390 g/mol. The van der Waals surface area contributed by atoms with Gasteiger partial charge in [0.05, 0.1) is 50.1 Å². The fraction of sp³-hybridized carbons (Fsp3) is 0.667. The molecule has 0 aromatic heterocycles. The highest BCUT2D eigenvalue weighted by molar-refractivity contribution is 7.89. The van der Waals surface area contributed by atoms with Crippen LogP contribution >= 0.6 is 0 Å². The second kappa shape index (κ2) is 9.45. The van der Waals surface area contributed by atoms with Gasteiger partial charge in [0.25, 0.3) is 0 Å². The molecule has 1 amide bonds. The number of ether oxygens (including phenoxy) is 1. The van der Waals surface area contributed by atoms with Crippen LogP contribution in [0.1, 0.15) is 32.3 Å². The van der Waals surface area contributed by atoms with Gasteiger partial charge in [0, 0.05) is 13.1 Å². The number of carbonyl (C=O) groups is 1. The molecule has 2 saturated heterocycles. The van der Waals surface area contributed by atoms with Crippen molar-refractivity contribution in [1.29, 1.82) is 0 Å². The van der Waals surface area contributed by atoms with Crippen LogP contribution < -0.4 is 9.64 Å². The van der Waals surface area contributed by atoms with Gasteiger partial charge >= 0.3 is 0 Å². The first-order chi connectivity index (χ1) is 13.9. The second-order valence-electron chi connectivity index (χ2n) is 7.99. The van der Waals surface area contributed by atoms with E-state index in [2.05, 4.69) is 6.92 Å². The molecule has 2 aliphatic rings. The first-order valence-corrected chi connectivity index (χ1v) is 12.2. The monoisotopic (exact) mass is 424 g/mol. The Bertz CT molecular complexity index is 819. The van der Waals surface area contributed by atoms with Gasteiger partial charge in [0.2, 0.25) is 15.9 Å². The van der Waals surface area contributed by atoms with Crippen molar-refractivity contribution in [2.45, 2.75) is 38.5 Å². The van der Waals surface area contributed by atoms with Crippen molar-refractivity contribution in [1.82, 2.24) is 9.21 Å². The van der Waals surface area contributed by atoms with Gasteiger partial charge < -0.3 is 14.5 Å². The van der Waals surface area contributed by atoms with Gasteiger partial charge in [-0.25, -0.2) is 8.42 Å². The third-order valence-corrected chi connectivity index (χ3v) is 7.96. The average Bonchev–Trinajstić information content (AvgIpc) is 2.75. The van der Waals surface area contributed by atoms with Gasteiger partial charge in [0.15, 0.2) is 0 Å². The molecule has 2 heterocycles. The Morgan fingerprint density at radius 3 is 2.55 bits per heavy atom. The van der Waals surface area contributed by atoms with Gasteiger partial charge in [-0.3, -0.25) is 4.79 Å². The Morgan fingerprint density at radius 2 is 1.93 bits per heavy atom. The summed E-state index contributed by atoms with van der Waals surface area (Å²) in [6.07, 6.45) is 1.47. The van der Waals surface area contributed by atoms with Gasteiger partial charge in [-0.15, -0.1) is 0 Å². The normalized spacial score (nSPS) is 21.9. The smallest absolute Gasteiger partial charge is 0.243 e. The van der Waals surface area contributed by atoms with E-state index in [4.69, 9.17) is 4.74 Å². The van der Waals surface area contributed by atoms with Crippen LogP contribution in [0.3, 0.4) is 0 Å². The van der Waals surface area contributed by atoms with Crippen LogP contribution in [0, 0.1) is 12.8 Å². The summed E-state index contributed by atoms with van der Waals surface area (Å²) in [6, 6.07) is 4.98. The van der Waals surface area contributed by atoms with Crippen molar-refractivity contribution >= 4 is 15.9 Å². The molecule has 0 spiro atoms. The number of likely N-dealkylation sites (N-methyl/N-ethyl adjacent to an activating group) is 1. The fourth-order valence-electron chi connectivity index (χ4n) is 4.27. The van der Waals surface area contributed by atoms with E-state index in [9.17, 15) is 13.2 Å². The van der Waals surface area contributed by atoms with Crippen LogP contribution in [0.2, 0.25) is 0 Å². The number of quaternary nitrogens is 1. The molecule has 3 rings (SSSR count). The number of hydrogen-bond acceptors (Lipinski definition) is 4. The molecule has 0 bridgehead atoms. The predicted molar refractivity (Wildman–Crippen MR) is 112 cm³/mol. The van der Waals surface area contributed by atoms with Gasteiger partial charge in [-0.2, -0.15) is 4.31 Å². The summed E-state index contributed by atoms with van der Waals surface area (Å²) >= 11 is 0. The van der Waals surface area contributed by atoms with Gasteiger partial charge in [-0.05, 0) is 57.4 Å². The summed E-state index contributed by atoms with van der Waals surface area (Å²) in [7, 11) is -3.62. The highest BCUT2D eigenvalue weighted by atomic mass is 32.2. The number of hydrogen-bond donors (Lipinski definition) is 1. The molecule has 7 nitrogen and oxygen atoms in total. The van der Waals surface area contributed by atoms with E-state index in [1.165, 1.54) is 9.21 Å². The summed E-state index contributed by atoms with van der Waals surface area (Å²) in [6.45, 7) is 11.8. The zero-order valence-corrected chi connectivity index (χ0v) is 18.6. The molecule has 0 unspecified atom stereocenters. The highest BCUT2D eigenvalue weighted by Gasteiger charge is 2.36. The predicted octanol–water partition coefficient (Wildman–Crippen LogP) is 0.541. The largest absolute Gasteiger partial charge is 0.494 e. The summed E-state index contributed by atoms with van der Waals surface area (Å²) in [4.78, 5) is 16.7. The SMILES string of the molecule is CCOc1ccc(S(=O)(=O)N2CCC[C@@H](C(=O)N3CC[NH+](CC)CC3)C2)cc1C. The summed E-state index contributed by atoms with van der Waals surface area (Å²) in [5.41, 5.74) is 0.800. The highest BCUT2D eigenvalue weighted by Crippen LogP contribution is 2.28. The minimum Gasteiger partial charge on any atom is -0.494 e. The quantitative estimate of drug-likeness (QED) is 0.724. The number of benzene rings is 1. The fourth-order valence-corrected chi connectivity index (χ4v) is 5.88. The number of amides is 1. The molecule has 2 aliphatic heterocycles. The minimum absolute atomic E-state index is 0.114. The minimum atomic E-state index is -3.62. The lowest BCUT2D eigenvalue weighted by atomic mass is 9.98. The lowest BCUT2D eigenvalue weighted by Crippen LogP contribution is -3.14. The second-order valence-corrected chi connectivity index (χ2v) is 9.93. The van der Waals surface area contributed by atoms with E-state index in [-0.39, 0.29) is 23.3 Å². The number of nitrogens with zero attached hydrogens (tertiary/aromatic N) is 2. The third-order valence-electron chi connectivity index (χ3n) is 6.10. The number of sulfonamides is 1. The Balaban J connectivity index is 1.69. The Labute approximate surface area is 174 Å². The zero-order valence-electron chi connectivity index (χ0n) is 17.8. The first kappa shape index (κ1) is 22.1. The Hall–Kier alpha value is -1.64. The van der Waals surface area contributed by atoms with Crippen molar-refractivity contribution in [3.8, 4) is 5.75 Å². The number of piperidine rings is 1. The number of piperazine rings is 1. The zero-order chi connectivity index (χ0) is 21.0. The van der Waals surface area contributed by atoms with Crippen molar-refractivity contribution in [3.63, 3.8) is 0 Å².